The summed E-state index contributed by atoms with van der Waals surface area (Å²) in [4.78, 5) is 0. The van der Waals surface area contributed by atoms with Crippen molar-refractivity contribution in [3.63, 3.8) is 0 Å². The number of rotatable bonds is 2. The molecule has 0 N–H and O–H groups in total. The molecule has 0 bridgehead atoms. The minimum absolute atomic E-state index is 0.916. The van der Waals surface area contributed by atoms with Gasteiger partial charge in [0.25, 0.3) is 0 Å². The summed E-state index contributed by atoms with van der Waals surface area (Å²) < 4.78 is 6.21. The average Bonchev–Trinajstić information content (AvgIpc) is 2.88. The van der Waals surface area contributed by atoms with Crippen LogP contribution in [0.1, 0.15) is 0 Å². The van der Waals surface area contributed by atoms with Crippen molar-refractivity contribution in [3.8, 4) is 44.9 Å². The van der Waals surface area contributed by atoms with Gasteiger partial charge in [-0.25, -0.2) is 0 Å². The Balaban J connectivity index is 1.45. The summed E-state index contributed by atoms with van der Waals surface area (Å²) in [6.45, 7) is 0. The molecule has 1 nitrogen and oxygen atoms in total. The monoisotopic (exact) mass is 420 g/mol. The molecule has 0 saturated heterocycles. The molecule has 0 spiro atoms. The van der Waals surface area contributed by atoms with Crippen LogP contribution in [0.15, 0.2) is 121 Å². The number of hydrogen-bond acceptors (Lipinski definition) is 1. The van der Waals surface area contributed by atoms with Gasteiger partial charge in [0.15, 0.2) is 0 Å². The zero-order valence-corrected chi connectivity index (χ0v) is 18.0. The van der Waals surface area contributed by atoms with Gasteiger partial charge in [0, 0.05) is 10.9 Å². The van der Waals surface area contributed by atoms with Crippen LogP contribution in [0.4, 0.5) is 0 Å². The molecule has 6 aromatic rings. The Kier molecular flexibility index (Phi) is 3.91. The second kappa shape index (κ2) is 7.08. The third-order valence-corrected chi connectivity index (χ3v) is 6.63. The fourth-order valence-electron chi connectivity index (χ4n) is 5.10. The molecular formula is C32H20O. The molecule has 1 heteroatoms. The Morgan fingerprint density at radius 2 is 1.09 bits per heavy atom. The lowest BCUT2D eigenvalue weighted by Crippen LogP contribution is -1.97. The van der Waals surface area contributed by atoms with Gasteiger partial charge in [0.1, 0.15) is 11.5 Å². The third-order valence-electron chi connectivity index (χ3n) is 6.63. The summed E-state index contributed by atoms with van der Waals surface area (Å²) >= 11 is 0. The van der Waals surface area contributed by atoms with Crippen molar-refractivity contribution >= 4 is 21.5 Å². The van der Waals surface area contributed by atoms with E-state index in [1.165, 1.54) is 49.4 Å². The first kappa shape index (κ1) is 18.2. The quantitative estimate of drug-likeness (QED) is 0.271. The SMILES string of the molecule is c1cc(-c2cc3c4c(cccc4c2)Oc2ccccc2-3)cc(-c2cccc3ccccc23)c1. The van der Waals surface area contributed by atoms with Crippen LogP contribution in [0.25, 0.3) is 54.9 Å². The number of ether oxygens (including phenoxy) is 1. The van der Waals surface area contributed by atoms with Crippen LogP contribution in [0, 0.1) is 0 Å². The number of para-hydroxylation sites is 1. The zero-order valence-electron chi connectivity index (χ0n) is 18.0. The lowest BCUT2D eigenvalue weighted by Gasteiger charge is -2.22. The molecule has 1 aliphatic heterocycles. The Bertz CT molecular complexity index is 1690. The molecule has 7 rings (SSSR count). The van der Waals surface area contributed by atoms with Gasteiger partial charge in [0.2, 0.25) is 0 Å². The van der Waals surface area contributed by atoms with E-state index in [0.29, 0.717) is 0 Å². The predicted octanol–water partition coefficient (Wildman–Crippen LogP) is 9.10. The van der Waals surface area contributed by atoms with Crippen LogP contribution in [0.2, 0.25) is 0 Å². The molecule has 0 aliphatic carbocycles. The first-order valence-corrected chi connectivity index (χ1v) is 11.3. The summed E-state index contributed by atoms with van der Waals surface area (Å²) in [7, 11) is 0. The lowest BCUT2D eigenvalue weighted by atomic mass is 9.89. The van der Waals surface area contributed by atoms with Crippen molar-refractivity contribution < 1.29 is 4.74 Å². The molecule has 6 aromatic carbocycles. The Morgan fingerprint density at radius 3 is 2.09 bits per heavy atom. The van der Waals surface area contributed by atoms with Crippen molar-refractivity contribution in [2.45, 2.75) is 0 Å². The van der Waals surface area contributed by atoms with Crippen molar-refractivity contribution in [2.75, 3.05) is 0 Å². The second-order valence-corrected chi connectivity index (χ2v) is 8.58. The first-order valence-electron chi connectivity index (χ1n) is 11.3. The van der Waals surface area contributed by atoms with E-state index in [-0.39, 0.29) is 0 Å². The first-order chi connectivity index (χ1) is 16.3. The zero-order chi connectivity index (χ0) is 21.8. The van der Waals surface area contributed by atoms with Gasteiger partial charge in [0.05, 0.1) is 0 Å². The van der Waals surface area contributed by atoms with E-state index in [1.54, 1.807) is 0 Å². The highest BCUT2D eigenvalue weighted by Gasteiger charge is 2.20. The molecular weight excluding hydrogens is 400 g/mol. The summed E-state index contributed by atoms with van der Waals surface area (Å²) in [6.07, 6.45) is 0. The van der Waals surface area contributed by atoms with Gasteiger partial charge in [-0.15, -0.1) is 0 Å². The van der Waals surface area contributed by atoms with Gasteiger partial charge in [-0.05, 0) is 74.3 Å². The molecule has 0 saturated carbocycles. The van der Waals surface area contributed by atoms with Crippen LogP contribution in [0.5, 0.6) is 11.5 Å². The number of fused-ring (bicyclic) bond motifs is 3. The Hall–Kier alpha value is -4.36. The van der Waals surface area contributed by atoms with E-state index in [9.17, 15) is 0 Å². The van der Waals surface area contributed by atoms with E-state index >= 15 is 0 Å². The van der Waals surface area contributed by atoms with Gasteiger partial charge in [-0.3, -0.25) is 0 Å². The summed E-state index contributed by atoms with van der Waals surface area (Å²) in [5.41, 5.74) is 7.30. The Labute approximate surface area is 192 Å². The summed E-state index contributed by atoms with van der Waals surface area (Å²) in [5.74, 6) is 1.84. The van der Waals surface area contributed by atoms with Crippen molar-refractivity contribution in [2.24, 2.45) is 0 Å². The highest BCUT2D eigenvalue weighted by atomic mass is 16.5. The maximum atomic E-state index is 6.21. The summed E-state index contributed by atoms with van der Waals surface area (Å²) in [5, 5.41) is 4.93. The van der Waals surface area contributed by atoms with Crippen LogP contribution in [0.3, 0.4) is 0 Å². The van der Waals surface area contributed by atoms with Crippen LogP contribution in [-0.2, 0) is 0 Å². The van der Waals surface area contributed by atoms with Crippen LogP contribution in [-0.4, -0.2) is 0 Å². The van der Waals surface area contributed by atoms with Gasteiger partial charge in [-0.1, -0.05) is 91.0 Å². The van der Waals surface area contributed by atoms with E-state index in [4.69, 9.17) is 4.74 Å². The highest BCUT2D eigenvalue weighted by Crippen LogP contribution is 2.47. The molecule has 33 heavy (non-hydrogen) atoms. The average molecular weight is 421 g/mol. The van der Waals surface area contributed by atoms with Crippen molar-refractivity contribution in [1.82, 2.24) is 0 Å². The largest absolute Gasteiger partial charge is 0.456 e. The molecule has 1 aliphatic rings. The van der Waals surface area contributed by atoms with E-state index < -0.39 is 0 Å². The van der Waals surface area contributed by atoms with Gasteiger partial charge < -0.3 is 4.74 Å². The van der Waals surface area contributed by atoms with E-state index in [2.05, 4.69) is 109 Å². The molecule has 0 amide bonds. The van der Waals surface area contributed by atoms with Gasteiger partial charge >= 0.3 is 0 Å². The minimum Gasteiger partial charge on any atom is -0.456 e. The standard InChI is InChI=1S/C32H20O/c1-2-13-26-21(8-1)9-6-15-27(26)23-11-5-10-22(18-23)25-19-24-12-7-17-31-32(24)29(20-25)28-14-3-4-16-30(28)33-31/h1-20H. The van der Waals surface area contributed by atoms with E-state index in [0.717, 1.165) is 17.1 Å². The molecule has 0 radical (unpaired) electrons. The molecule has 154 valence electrons. The lowest BCUT2D eigenvalue weighted by molar-refractivity contribution is 0.487. The predicted molar refractivity (Wildman–Crippen MR) is 138 cm³/mol. The number of hydrogen-bond donors (Lipinski definition) is 0. The molecule has 0 fully saturated rings. The highest BCUT2D eigenvalue weighted by molar-refractivity contribution is 6.06. The molecule has 0 aromatic heterocycles. The maximum Gasteiger partial charge on any atom is 0.135 e. The Morgan fingerprint density at radius 1 is 0.394 bits per heavy atom. The van der Waals surface area contributed by atoms with Crippen molar-refractivity contribution in [1.29, 1.82) is 0 Å². The molecule has 1 heterocycles. The van der Waals surface area contributed by atoms with E-state index in [1.807, 2.05) is 12.1 Å². The fraction of sp³-hybridized carbons (Fsp3) is 0. The number of benzene rings is 6. The maximum absolute atomic E-state index is 6.21. The second-order valence-electron chi connectivity index (χ2n) is 8.58. The molecule has 0 unspecified atom stereocenters. The molecule has 0 atom stereocenters. The normalized spacial score (nSPS) is 11.9. The minimum atomic E-state index is 0.916. The third kappa shape index (κ3) is 2.86. The van der Waals surface area contributed by atoms with Gasteiger partial charge in [-0.2, -0.15) is 0 Å². The van der Waals surface area contributed by atoms with Crippen LogP contribution >= 0.6 is 0 Å². The fourth-order valence-corrected chi connectivity index (χ4v) is 5.10. The topological polar surface area (TPSA) is 9.23 Å². The van der Waals surface area contributed by atoms with Crippen LogP contribution < -0.4 is 4.74 Å². The van der Waals surface area contributed by atoms with Crippen molar-refractivity contribution in [3.05, 3.63) is 121 Å². The smallest absolute Gasteiger partial charge is 0.135 e. The summed E-state index contributed by atoms with van der Waals surface area (Å²) in [6, 6.07) is 43.2.